The summed E-state index contributed by atoms with van der Waals surface area (Å²) in [5.74, 6) is -0.793. The van der Waals surface area contributed by atoms with Gasteiger partial charge in [-0.15, -0.1) is 0 Å². The third-order valence-corrected chi connectivity index (χ3v) is 1.99. The molecule has 6 nitrogen and oxygen atoms in total. The van der Waals surface area contributed by atoms with E-state index in [9.17, 15) is 9.59 Å². The number of carbonyl (C=O) groups excluding carboxylic acids is 2. The summed E-state index contributed by atoms with van der Waals surface area (Å²) in [6.45, 7) is 1.94. The maximum Gasteiger partial charge on any atom is 0.354 e. The minimum Gasteiger partial charge on any atom is -0.461 e. The molecule has 1 aromatic heterocycles. The van der Waals surface area contributed by atoms with E-state index < -0.39 is 5.97 Å². The van der Waals surface area contributed by atoms with Gasteiger partial charge in [-0.2, -0.15) is 5.26 Å². The van der Waals surface area contributed by atoms with Gasteiger partial charge in [-0.05, 0) is 19.1 Å². The van der Waals surface area contributed by atoms with Gasteiger partial charge in [0, 0.05) is 6.20 Å². The van der Waals surface area contributed by atoms with Crippen molar-refractivity contribution in [1.82, 2.24) is 9.88 Å². The van der Waals surface area contributed by atoms with Gasteiger partial charge < -0.3 is 14.6 Å². The average Bonchev–Trinajstić information content (AvgIpc) is 2.75. The molecule has 17 heavy (non-hydrogen) atoms. The second-order valence-corrected chi connectivity index (χ2v) is 3.18. The molecule has 0 aliphatic rings. The Balaban J connectivity index is 2.66. The van der Waals surface area contributed by atoms with E-state index >= 15 is 0 Å². The molecule has 6 heteroatoms. The van der Waals surface area contributed by atoms with Crippen LogP contribution in [0.4, 0.5) is 0 Å². The summed E-state index contributed by atoms with van der Waals surface area (Å²) in [5.41, 5.74) is 0.318. The van der Waals surface area contributed by atoms with Crippen LogP contribution in [0.25, 0.3) is 0 Å². The van der Waals surface area contributed by atoms with Crippen molar-refractivity contribution < 1.29 is 14.3 Å². The maximum atomic E-state index is 11.5. The molecule has 0 radical (unpaired) electrons. The van der Waals surface area contributed by atoms with Crippen molar-refractivity contribution in [2.75, 3.05) is 13.2 Å². The molecule has 1 heterocycles. The third-order valence-electron chi connectivity index (χ3n) is 1.99. The maximum absolute atomic E-state index is 11.5. The van der Waals surface area contributed by atoms with Crippen LogP contribution in [0.1, 0.15) is 17.4 Å². The molecule has 0 atom stereocenters. The van der Waals surface area contributed by atoms with Gasteiger partial charge in [0.25, 0.3) is 0 Å². The highest BCUT2D eigenvalue weighted by molar-refractivity contribution is 5.88. The molecule has 1 amide bonds. The lowest BCUT2D eigenvalue weighted by molar-refractivity contribution is -0.121. The van der Waals surface area contributed by atoms with Gasteiger partial charge in [0.1, 0.15) is 18.8 Å². The van der Waals surface area contributed by atoms with Crippen molar-refractivity contribution in [3.8, 4) is 6.07 Å². The highest BCUT2D eigenvalue weighted by atomic mass is 16.5. The fraction of sp³-hybridized carbons (Fsp3) is 0.364. The Labute approximate surface area is 98.8 Å². The third kappa shape index (κ3) is 3.65. The number of nitrogens with one attached hydrogen (secondary N) is 1. The zero-order valence-corrected chi connectivity index (χ0v) is 9.47. The van der Waals surface area contributed by atoms with Crippen LogP contribution in [0.15, 0.2) is 18.3 Å². The zero-order chi connectivity index (χ0) is 12.7. The van der Waals surface area contributed by atoms with Gasteiger partial charge in [0.2, 0.25) is 5.91 Å². The van der Waals surface area contributed by atoms with Crippen LogP contribution in [0.5, 0.6) is 0 Å². The van der Waals surface area contributed by atoms with E-state index in [1.165, 1.54) is 4.57 Å². The van der Waals surface area contributed by atoms with Gasteiger partial charge >= 0.3 is 5.97 Å². The second kappa shape index (κ2) is 6.33. The highest BCUT2D eigenvalue weighted by Crippen LogP contribution is 2.04. The largest absolute Gasteiger partial charge is 0.461 e. The number of ether oxygens (including phenoxy) is 1. The first-order valence-corrected chi connectivity index (χ1v) is 5.15. The lowest BCUT2D eigenvalue weighted by Gasteiger charge is -2.07. The zero-order valence-electron chi connectivity index (χ0n) is 9.47. The topological polar surface area (TPSA) is 84.1 Å². The SMILES string of the molecule is CCOC(=O)c1cccn1CC(=O)NCC#N. The normalized spacial score (nSPS) is 9.41. The van der Waals surface area contributed by atoms with Crippen LogP contribution in [-0.4, -0.2) is 29.6 Å². The number of amides is 1. The standard InChI is InChI=1S/C11H13N3O3/c1-2-17-11(16)9-4-3-7-14(9)8-10(15)13-6-5-12/h3-4,7H,2,6,8H2,1H3,(H,13,15). The van der Waals surface area contributed by atoms with Gasteiger partial charge in [-0.1, -0.05) is 0 Å². The Morgan fingerprint density at radius 2 is 2.35 bits per heavy atom. The number of esters is 1. The summed E-state index contributed by atoms with van der Waals surface area (Å²) in [6.07, 6.45) is 1.61. The summed E-state index contributed by atoms with van der Waals surface area (Å²) < 4.78 is 6.32. The summed E-state index contributed by atoms with van der Waals surface area (Å²) in [5, 5.41) is 10.7. The van der Waals surface area contributed by atoms with E-state index in [1.807, 2.05) is 0 Å². The molecule has 0 saturated heterocycles. The summed E-state index contributed by atoms with van der Waals surface area (Å²) in [7, 11) is 0. The number of rotatable bonds is 5. The molecule has 0 aromatic carbocycles. The molecular formula is C11H13N3O3. The Morgan fingerprint density at radius 3 is 3.00 bits per heavy atom. The minimum absolute atomic E-state index is 0.0111. The number of carbonyl (C=O) groups is 2. The molecule has 0 fully saturated rings. The molecule has 0 aliphatic carbocycles. The Kier molecular flexibility index (Phi) is 4.76. The second-order valence-electron chi connectivity index (χ2n) is 3.18. The number of nitrogens with zero attached hydrogens (tertiary/aromatic N) is 2. The van der Waals surface area contributed by atoms with E-state index in [4.69, 9.17) is 10.00 Å². The predicted molar refractivity (Wildman–Crippen MR) is 59.0 cm³/mol. The number of hydrogen-bond donors (Lipinski definition) is 1. The van der Waals surface area contributed by atoms with Crippen molar-refractivity contribution in [2.24, 2.45) is 0 Å². The first kappa shape index (κ1) is 12.8. The number of aromatic nitrogens is 1. The van der Waals surface area contributed by atoms with E-state index in [0.717, 1.165) is 0 Å². The average molecular weight is 235 g/mol. The van der Waals surface area contributed by atoms with Crippen LogP contribution >= 0.6 is 0 Å². The molecule has 90 valence electrons. The predicted octanol–water partition coefficient (Wildman–Crippen LogP) is 0.305. The van der Waals surface area contributed by atoms with E-state index in [1.54, 1.807) is 31.3 Å². The molecule has 1 aromatic rings. The number of hydrogen-bond acceptors (Lipinski definition) is 4. The molecule has 1 rings (SSSR count). The van der Waals surface area contributed by atoms with Gasteiger partial charge in [0.05, 0.1) is 12.7 Å². The molecule has 0 bridgehead atoms. The fourth-order valence-electron chi connectivity index (χ4n) is 1.29. The Bertz CT molecular complexity index is 445. The smallest absolute Gasteiger partial charge is 0.354 e. The van der Waals surface area contributed by atoms with Gasteiger partial charge in [-0.3, -0.25) is 4.79 Å². The number of nitriles is 1. The summed E-state index contributed by atoms with van der Waals surface area (Å²) in [4.78, 5) is 22.9. The van der Waals surface area contributed by atoms with Gasteiger partial charge in [-0.25, -0.2) is 4.79 Å². The van der Waals surface area contributed by atoms with Crippen LogP contribution in [-0.2, 0) is 16.1 Å². The van der Waals surface area contributed by atoms with E-state index in [0.29, 0.717) is 5.69 Å². The molecule has 0 saturated carbocycles. The Morgan fingerprint density at radius 1 is 1.59 bits per heavy atom. The summed E-state index contributed by atoms with van der Waals surface area (Å²) >= 11 is 0. The molecule has 1 N–H and O–H groups in total. The quantitative estimate of drug-likeness (QED) is 0.587. The molecule has 0 aliphatic heterocycles. The van der Waals surface area contributed by atoms with Crippen molar-refractivity contribution in [1.29, 1.82) is 5.26 Å². The molecule has 0 spiro atoms. The Hall–Kier alpha value is -2.29. The van der Waals surface area contributed by atoms with Crippen LogP contribution in [0, 0.1) is 11.3 Å². The molecular weight excluding hydrogens is 222 g/mol. The van der Waals surface area contributed by atoms with Crippen LogP contribution < -0.4 is 5.32 Å². The lowest BCUT2D eigenvalue weighted by atomic mass is 10.4. The van der Waals surface area contributed by atoms with Crippen molar-refractivity contribution >= 4 is 11.9 Å². The highest BCUT2D eigenvalue weighted by Gasteiger charge is 2.13. The van der Waals surface area contributed by atoms with Crippen molar-refractivity contribution in [2.45, 2.75) is 13.5 Å². The molecule has 0 unspecified atom stereocenters. The van der Waals surface area contributed by atoms with Crippen molar-refractivity contribution in [3.05, 3.63) is 24.0 Å². The van der Waals surface area contributed by atoms with E-state index in [-0.39, 0.29) is 25.6 Å². The van der Waals surface area contributed by atoms with E-state index in [2.05, 4.69) is 5.32 Å². The monoisotopic (exact) mass is 235 g/mol. The first-order chi connectivity index (χ1) is 8.19. The van der Waals surface area contributed by atoms with Crippen LogP contribution in [0.2, 0.25) is 0 Å². The minimum atomic E-state index is -0.467. The first-order valence-electron chi connectivity index (χ1n) is 5.15. The summed E-state index contributed by atoms with van der Waals surface area (Å²) in [6, 6.07) is 5.04. The lowest BCUT2D eigenvalue weighted by Crippen LogP contribution is -2.28. The van der Waals surface area contributed by atoms with Gasteiger partial charge in [0.15, 0.2) is 0 Å². The van der Waals surface area contributed by atoms with Crippen LogP contribution in [0.3, 0.4) is 0 Å². The fourth-order valence-corrected chi connectivity index (χ4v) is 1.29. The van der Waals surface area contributed by atoms with Crippen molar-refractivity contribution in [3.63, 3.8) is 0 Å².